The van der Waals surface area contributed by atoms with Crippen molar-refractivity contribution in [2.45, 2.75) is 32.3 Å². The van der Waals surface area contributed by atoms with Gasteiger partial charge in [-0.25, -0.2) is 4.98 Å². The molecule has 0 amide bonds. The molecule has 2 heterocycles. The molecule has 2 rings (SSSR count). The topological polar surface area (TPSA) is 59.1 Å². The molecule has 1 aromatic heterocycles. The molecule has 1 atom stereocenters. The predicted octanol–water partition coefficient (Wildman–Crippen LogP) is 2.54. The average Bonchev–Trinajstić information content (AvgIpc) is 2.41. The molecule has 0 saturated carbocycles. The van der Waals surface area contributed by atoms with Gasteiger partial charge in [-0.2, -0.15) is 4.98 Å². The lowest BCUT2D eigenvalue weighted by atomic mass is 10.1. The molecule has 1 aliphatic heterocycles. The molecule has 1 aromatic rings. The molecule has 1 fully saturated rings. The first-order chi connectivity index (χ1) is 8.79. The van der Waals surface area contributed by atoms with Gasteiger partial charge in [0.15, 0.2) is 5.82 Å². The molecular weight excluding hydrogens is 252 g/mol. The van der Waals surface area contributed by atoms with Crippen molar-refractivity contribution in [2.24, 2.45) is 0 Å². The predicted molar refractivity (Wildman–Crippen MR) is 73.3 cm³/mol. The van der Waals surface area contributed by atoms with Gasteiger partial charge in [0.2, 0.25) is 5.95 Å². The quantitative estimate of drug-likeness (QED) is 0.861. The van der Waals surface area contributed by atoms with E-state index in [1.165, 1.54) is 6.42 Å². The lowest BCUT2D eigenvalue weighted by Crippen LogP contribution is -2.27. The van der Waals surface area contributed by atoms with E-state index in [-0.39, 0.29) is 6.10 Å². The molecule has 2 N–H and O–H groups in total. The van der Waals surface area contributed by atoms with Crippen molar-refractivity contribution in [1.29, 1.82) is 0 Å². The molecule has 1 aliphatic rings. The molecule has 0 radical (unpaired) electrons. The Hall–Kier alpha value is -1.07. The molecule has 5 nitrogen and oxygen atoms in total. The highest BCUT2D eigenvalue weighted by Gasteiger charge is 2.14. The van der Waals surface area contributed by atoms with Gasteiger partial charge >= 0.3 is 0 Å². The van der Waals surface area contributed by atoms with Gasteiger partial charge in [0.1, 0.15) is 5.02 Å². The van der Waals surface area contributed by atoms with Gasteiger partial charge in [-0.05, 0) is 26.2 Å². The minimum Gasteiger partial charge on any atom is -0.376 e. The van der Waals surface area contributed by atoms with E-state index in [1.807, 2.05) is 6.92 Å². The van der Waals surface area contributed by atoms with Gasteiger partial charge in [0, 0.05) is 19.7 Å². The zero-order chi connectivity index (χ0) is 12.8. The third-order valence-corrected chi connectivity index (χ3v) is 3.13. The number of hydrogen-bond acceptors (Lipinski definition) is 5. The Labute approximate surface area is 112 Å². The number of nitrogens with zero attached hydrogens (tertiary/aromatic N) is 2. The van der Waals surface area contributed by atoms with Gasteiger partial charge < -0.3 is 15.4 Å². The lowest BCUT2D eigenvalue weighted by molar-refractivity contribution is 0.0247. The summed E-state index contributed by atoms with van der Waals surface area (Å²) in [6, 6.07) is 0. The molecule has 0 bridgehead atoms. The van der Waals surface area contributed by atoms with Crippen molar-refractivity contribution in [3.05, 3.63) is 11.2 Å². The maximum Gasteiger partial charge on any atom is 0.224 e. The van der Waals surface area contributed by atoms with Crippen LogP contribution in [0, 0.1) is 0 Å². The van der Waals surface area contributed by atoms with Crippen molar-refractivity contribution in [3.63, 3.8) is 0 Å². The van der Waals surface area contributed by atoms with Gasteiger partial charge in [-0.15, -0.1) is 0 Å². The molecule has 100 valence electrons. The monoisotopic (exact) mass is 270 g/mol. The average molecular weight is 271 g/mol. The molecule has 0 spiro atoms. The first kappa shape index (κ1) is 13.4. The maximum atomic E-state index is 6.06. The molecule has 1 saturated heterocycles. The van der Waals surface area contributed by atoms with E-state index in [0.29, 0.717) is 16.8 Å². The van der Waals surface area contributed by atoms with Gasteiger partial charge in [0.25, 0.3) is 0 Å². The molecule has 0 aliphatic carbocycles. The largest absolute Gasteiger partial charge is 0.376 e. The Bertz CT molecular complexity index is 382. The van der Waals surface area contributed by atoms with Crippen LogP contribution in [0.2, 0.25) is 5.02 Å². The second kappa shape index (κ2) is 6.75. The molecule has 6 heteroatoms. The molecule has 18 heavy (non-hydrogen) atoms. The standard InChI is InChI=1S/C12H19ClN4O/c1-2-14-12-16-8-10(13)11(17-12)15-7-9-5-3-4-6-18-9/h8-9H,2-7H2,1H3,(H2,14,15,16,17). The fourth-order valence-corrected chi connectivity index (χ4v) is 2.07. The van der Waals surface area contributed by atoms with Gasteiger partial charge in [-0.3, -0.25) is 0 Å². The highest BCUT2D eigenvalue weighted by Crippen LogP contribution is 2.20. The summed E-state index contributed by atoms with van der Waals surface area (Å²) in [5, 5.41) is 6.83. The lowest BCUT2D eigenvalue weighted by Gasteiger charge is -2.23. The van der Waals surface area contributed by atoms with E-state index in [9.17, 15) is 0 Å². The highest BCUT2D eigenvalue weighted by atomic mass is 35.5. The SMILES string of the molecule is CCNc1ncc(Cl)c(NCC2CCCCO2)n1. The molecular formula is C12H19ClN4O. The summed E-state index contributed by atoms with van der Waals surface area (Å²) in [6.07, 6.45) is 5.35. The first-order valence-corrected chi connectivity index (χ1v) is 6.79. The number of hydrogen-bond donors (Lipinski definition) is 2. The summed E-state index contributed by atoms with van der Waals surface area (Å²) < 4.78 is 5.65. The van der Waals surface area contributed by atoms with Crippen LogP contribution in [0.15, 0.2) is 6.20 Å². The van der Waals surface area contributed by atoms with Crippen LogP contribution in [0.25, 0.3) is 0 Å². The third kappa shape index (κ3) is 3.71. The molecule has 1 unspecified atom stereocenters. The van der Waals surface area contributed by atoms with E-state index in [2.05, 4.69) is 20.6 Å². The Morgan fingerprint density at radius 2 is 2.33 bits per heavy atom. The number of ether oxygens (including phenoxy) is 1. The smallest absolute Gasteiger partial charge is 0.224 e. The van der Waals surface area contributed by atoms with Crippen LogP contribution in [-0.2, 0) is 4.74 Å². The van der Waals surface area contributed by atoms with Crippen molar-refractivity contribution in [3.8, 4) is 0 Å². The van der Waals surface area contributed by atoms with E-state index in [4.69, 9.17) is 16.3 Å². The number of rotatable bonds is 5. The Kier molecular flexibility index (Phi) is 5.01. The van der Waals surface area contributed by atoms with Crippen molar-refractivity contribution >= 4 is 23.4 Å². The minimum atomic E-state index is 0.257. The summed E-state index contributed by atoms with van der Waals surface area (Å²) in [5.41, 5.74) is 0. The zero-order valence-electron chi connectivity index (χ0n) is 10.6. The fourth-order valence-electron chi connectivity index (χ4n) is 1.91. The highest BCUT2D eigenvalue weighted by molar-refractivity contribution is 6.32. The maximum absolute atomic E-state index is 6.06. The van der Waals surface area contributed by atoms with Crippen molar-refractivity contribution in [2.75, 3.05) is 30.3 Å². The second-order valence-corrected chi connectivity index (χ2v) is 4.70. The number of anilines is 2. The number of aromatic nitrogens is 2. The summed E-state index contributed by atoms with van der Waals surface area (Å²) in [4.78, 5) is 8.42. The van der Waals surface area contributed by atoms with Crippen molar-refractivity contribution < 1.29 is 4.74 Å². The zero-order valence-corrected chi connectivity index (χ0v) is 11.3. The summed E-state index contributed by atoms with van der Waals surface area (Å²) >= 11 is 6.06. The van der Waals surface area contributed by atoms with Crippen LogP contribution in [0.5, 0.6) is 0 Å². The summed E-state index contributed by atoms with van der Waals surface area (Å²) in [5.74, 6) is 1.26. The number of nitrogens with one attached hydrogen (secondary N) is 2. The van der Waals surface area contributed by atoms with E-state index in [1.54, 1.807) is 6.20 Å². The van der Waals surface area contributed by atoms with Crippen LogP contribution in [-0.4, -0.2) is 35.8 Å². The summed E-state index contributed by atoms with van der Waals surface area (Å²) in [6.45, 7) is 4.38. The van der Waals surface area contributed by atoms with Crippen LogP contribution in [0.4, 0.5) is 11.8 Å². The van der Waals surface area contributed by atoms with Crippen LogP contribution >= 0.6 is 11.6 Å². The Morgan fingerprint density at radius 3 is 3.06 bits per heavy atom. The second-order valence-electron chi connectivity index (χ2n) is 4.29. The van der Waals surface area contributed by atoms with Crippen LogP contribution in [0.3, 0.4) is 0 Å². The normalized spacial score (nSPS) is 19.6. The Morgan fingerprint density at radius 1 is 1.44 bits per heavy atom. The van der Waals surface area contributed by atoms with E-state index in [0.717, 1.165) is 32.5 Å². The Balaban J connectivity index is 1.92. The minimum absolute atomic E-state index is 0.257. The van der Waals surface area contributed by atoms with Gasteiger partial charge in [0.05, 0.1) is 12.3 Å². The summed E-state index contributed by atoms with van der Waals surface area (Å²) in [7, 11) is 0. The van der Waals surface area contributed by atoms with E-state index < -0.39 is 0 Å². The third-order valence-electron chi connectivity index (χ3n) is 2.85. The first-order valence-electron chi connectivity index (χ1n) is 6.41. The van der Waals surface area contributed by atoms with Crippen LogP contribution < -0.4 is 10.6 Å². The van der Waals surface area contributed by atoms with Gasteiger partial charge in [-0.1, -0.05) is 11.6 Å². The molecule has 0 aromatic carbocycles. The van der Waals surface area contributed by atoms with Crippen molar-refractivity contribution in [1.82, 2.24) is 9.97 Å². The van der Waals surface area contributed by atoms with Crippen LogP contribution in [0.1, 0.15) is 26.2 Å². The number of halogens is 1. The van der Waals surface area contributed by atoms with E-state index >= 15 is 0 Å². The fraction of sp³-hybridized carbons (Fsp3) is 0.667.